The van der Waals surface area contributed by atoms with E-state index in [2.05, 4.69) is 37.2 Å². The second-order valence-electron chi connectivity index (χ2n) is 20.5. The van der Waals surface area contributed by atoms with E-state index in [1.54, 1.807) is 20.8 Å². The molecule has 0 aromatic heterocycles. The Kier molecular flexibility index (Phi) is 25.8. The van der Waals surface area contributed by atoms with Crippen molar-refractivity contribution in [2.45, 2.75) is 188 Å². The fourth-order valence-electron chi connectivity index (χ4n) is 6.83. The number of rotatable bonds is 14. The number of alkyl carbamates (subject to hydrolysis) is 1. The van der Waals surface area contributed by atoms with Crippen LogP contribution in [0.3, 0.4) is 0 Å². The average Bonchev–Trinajstić information content (AvgIpc) is 3.19. The van der Waals surface area contributed by atoms with Gasteiger partial charge in [-0.3, -0.25) is 28.8 Å². The van der Waals surface area contributed by atoms with Crippen LogP contribution < -0.4 is 37.2 Å². The Morgan fingerprint density at radius 3 is 1.66 bits per heavy atom. The molecule has 21 heteroatoms. The van der Waals surface area contributed by atoms with Gasteiger partial charge in [-0.2, -0.15) is 0 Å². The molecule has 0 spiro atoms. The maximum absolute atomic E-state index is 14.2. The highest BCUT2D eigenvalue weighted by Gasteiger charge is 2.38. The molecule has 1 saturated heterocycles. The molecule has 0 aliphatic carbocycles. The predicted octanol–water partition coefficient (Wildman–Crippen LogP) is 1.10. The molecule has 1 heterocycles. The Hall–Kier alpha value is -4.60. The van der Waals surface area contributed by atoms with E-state index in [1.165, 1.54) is 13.8 Å². The van der Waals surface area contributed by atoms with Crippen LogP contribution in [-0.4, -0.2) is 151 Å². The quantitative estimate of drug-likeness (QED) is 0.110. The van der Waals surface area contributed by atoms with E-state index in [9.17, 15) is 48.6 Å². The predicted molar refractivity (Wildman–Crippen MR) is 248 cm³/mol. The van der Waals surface area contributed by atoms with Gasteiger partial charge in [-0.1, -0.05) is 55.4 Å². The lowest BCUT2D eigenvalue weighted by Gasteiger charge is -2.32. The lowest BCUT2D eigenvalue weighted by atomic mass is 9.97. The first-order valence-electron chi connectivity index (χ1n) is 23.4. The number of aliphatic hydroxyl groups excluding tert-OH is 2. The maximum atomic E-state index is 14.2. The third-order valence-electron chi connectivity index (χ3n) is 10.3. The minimum absolute atomic E-state index is 0.0432. The van der Waals surface area contributed by atoms with Crippen molar-refractivity contribution >= 4 is 47.5 Å². The number of hydrogen-bond acceptors (Lipinski definition) is 14. The molecule has 1 fully saturated rings. The molecule has 7 amide bonds. The molecule has 21 nitrogen and oxygen atoms in total. The summed E-state index contributed by atoms with van der Waals surface area (Å²) in [5, 5.41) is 40.0. The van der Waals surface area contributed by atoms with Crippen LogP contribution in [-0.2, 0) is 52.5 Å². The van der Waals surface area contributed by atoms with Crippen LogP contribution in [0.1, 0.15) is 129 Å². The van der Waals surface area contributed by atoms with Crippen LogP contribution in [0.2, 0.25) is 0 Å². The monoisotopic (exact) mass is 958 g/mol. The molecular formula is C46H83N7O14. The Morgan fingerprint density at radius 1 is 0.701 bits per heavy atom. The van der Waals surface area contributed by atoms with Crippen LogP contribution in [0.5, 0.6) is 0 Å². The highest BCUT2D eigenvalue weighted by atomic mass is 16.6. The number of aliphatic hydroxyl groups is 2. The van der Waals surface area contributed by atoms with Crippen molar-refractivity contribution in [3.63, 3.8) is 0 Å². The lowest BCUT2D eigenvalue weighted by molar-refractivity contribution is -0.146. The standard InChI is InChI=1S/C46H83N7O14/c1-25(2)19-31(50-40(59)34(22-28(7)8)52-44(63)67-45(9,10)11)37(56)47-29-15-17-65-23-35(54)36(55)24-66-18-16-30(42(61)64-14)48-38(57)32(20-26(3)4)49-39(58)33(21-27(5)6)51-43(62)46(12,13)53-41(29)60/h25-36,54-55H,15-24H2,1-14H3,(H,47,56)(H,48,57)(H,49,58)(H,50,59)(H,51,62)(H,52,63)(H,53,60)/t29-,30-,31-,32-,33-,34-,35?,36?/m0/s1. The van der Waals surface area contributed by atoms with E-state index in [0.717, 1.165) is 7.11 Å². The van der Waals surface area contributed by atoms with Crippen LogP contribution in [0.15, 0.2) is 0 Å². The number of carbonyl (C=O) groups is 8. The van der Waals surface area contributed by atoms with Gasteiger partial charge < -0.3 is 66.4 Å². The Labute approximate surface area is 396 Å². The summed E-state index contributed by atoms with van der Waals surface area (Å²) in [6.45, 7) is 21.4. The van der Waals surface area contributed by atoms with Crippen molar-refractivity contribution in [3.05, 3.63) is 0 Å². The molecule has 2 unspecified atom stereocenters. The Morgan fingerprint density at radius 2 is 1.18 bits per heavy atom. The molecule has 0 saturated carbocycles. The summed E-state index contributed by atoms with van der Waals surface area (Å²) < 4.78 is 21.4. The van der Waals surface area contributed by atoms with Crippen molar-refractivity contribution in [2.75, 3.05) is 33.5 Å². The fourth-order valence-corrected chi connectivity index (χ4v) is 6.83. The number of nitrogens with one attached hydrogen (secondary N) is 7. The fraction of sp³-hybridized carbons (Fsp3) is 0.826. The van der Waals surface area contributed by atoms with Gasteiger partial charge in [0.2, 0.25) is 35.4 Å². The van der Waals surface area contributed by atoms with Crippen LogP contribution in [0, 0.1) is 23.7 Å². The van der Waals surface area contributed by atoms with Gasteiger partial charge in [0.05, 0.1) is 20.3 Å². The molecule has 0 aromatic rings. The van der Waals surface area contributed by atoms with E-state index < -0.39 is 114 Å². The van der Waals surface area contributed by atoms with Crippen LogP contribution in [0.4, 0.5) is 4.79 Å². The van der Waals surface area contributed by atoms with Gasteiger partial charge in [0.1, 0.15) is 59.6 Å². The van der Waals surface area contributed by atoms with Gasteiger partial charge in [0.25, 0.3) is 0 Å². The first-order chi connectivity index (χ1) is 31.0. The molecule has 1 aliphatic rings. The summed E-state index contributed by atoms with van der Waals surface area (Å²) >= 11 is 0. The zero-order valence-corrected chi connectivity index (χ0v) is 42.3. The maximum Gasteiger partial charge on any atom is 0.408 e. The molecule has 67 heavy (non-hydrogen) atoms. The minimum atomic E-state index is -1.71. The van der Waals surface area contributed by atoms with Crippen molar-refractivity contribution in [2.24, 2.45) is 23.7 Å². The van der Waals surface area contributed by atoms with Crippen molar-refractivity contribution in [1.82, 2.24) is 37.2 Å². The summed E-state index contributed by atoms with van der Waals surface area (Å²) in [6.07, 6.45) is -3.39. The second kappa shape index (κ2) is 28.7. The van der Waals surface area contributed by atoms with E-state index in [4.69, 9.17) is 18.9 Å². The first kappa shape index (κ1) is 60.4. The third kappa shape index (κ3) is 23.8. The van der Waals surface area contributed by atoms with Crippen molar-refractivity contribution < 1.29 is 67.5 Å². The smallest absolute Gasteiger partial charge is 0.408 e. The summed E-state index contributed by atoms with van der Waals surface area (Å²) in [5.74, 6) is -5.57. The molecule has 386 valence electrons. The van der Waals surface area contributed by atoms with Crippen molar-refractivity contribution in [3.8, 4) is 0 Å². The number of carbonyl (C=O) groups excluding carboxylic acids is 8. The molecule has 1 rings (SSSR count). The molecule has 0 bridgehead atoms. The number of hydrogen-bond donors (Lipinski definition) is 9. The van der Waals surface area contributed by atoms with Gasteiger partial charge in [-0.15, -0.1) is 0 Å². The number of ether oxygens (including phenoxy) is 4. The Balaban J connectivity index is 3.63. The van der Waals surface area contributed by atoms with Gasteiger partial charge in [-0.25, -0.2) is 9.59 Å². The second-order valence-corrected chi connectivity index (χ2v) is 20.5. The third-order valence-corrected chi connectivity index (χ3v) is 10.3. The molecule has 0 radical (unpaired) electrons. The van der Waals surface area contributed by atoms with Crippen molar-refractivity contribution in [1.29, 1.82) is 0 Å². The Bertz CT molecular complexity index is 1630. The highest BCUT2D eigenvalue weighted by molar-refractivity contribution is 5.98. The van der Waals surface area contributed by atoms with E-state index >= 15 is 0 Å². The zero-order chi connectivity index (χ0) is 51.4. The zero-order valence-electron chi connectivity index (χ0n) is 42.3. The highest BCUT2D eigenvalue weighted by Crippen LogP contribution is 2.15. The summed E-state index contributed by atoms with van der Waals surface area (Å²) in [7, 11) is 1.15. The number of esters is 1. The van der Waals surface area contributed by atoms with Gasteiger partial charge >= 0.3 is 12.1 Å². The number of amides is 7. The summed E-state index contributed by atoms with van der Waals surface area (Å²) in [4.78, 5) is 109. The normalized spacial score (nSPS) is 24.4. The van der Waals surface area contributed by atoms with Gasteiger partial charge in [-0.05, 0) is 90.4 Å². The van der Waals surface area contributed by atoms with E-state index in [0.29, 0.717) is 0 Å². The summed E-state index contributed by atoms with van der Waals surface area (Å²) in [5.41, 5.74) is -2.55. The average molecular weight is 958 g/mol. The van der Waals surface area contributed by atoms with E-state index in [1.807, 2.05) is 55.4 Å². The topological polar surface area (TPSA) is 298 Å². The lowest BCUT2D eigenvalue weighted by Crippen LogP contribution is -2.63. The minimum Gasteiger partial charge on any atom is -0.467 e. The molecule has 0 aromatic carbocycles. The largest absolute Gasteiger partial charge is 0.467 e. The molecular weight excluding hydrogens is 875 g/mol. The van der Waals surface area contributed by atoms with Crippen LogP contribution >= 0.6 is 0 Å². The first-order valence-corrected chi connectivity index (χ1v) is 23.4. The number of methoxy groups -OCH3 is 1. The van der Waals surface area contributed by atoms with E-state index in [-0.39, 0.29) is 82.0 Å². The SMILES string of the molecule is COC(=O)[C@@H]1CCOCC(O)C(O)COCC[C@H](NC(=O)[C@H](CC(C)C)NC(=O)[C@H](CC(C)C)NC(=O)OC(C)(C)C)C(=O)NC(C)(C)C(=O)N[C@@H](CC(C)C)C(=O)N[C@@H](CC(C)C)C(=O)N1. The molecule has 9 N–H and O–H groups in total. The van der Waals surface area contributed by atoms with Gasteiger partial charge in [0, 0.05) is 19.6 Å². The molecule has 8 atom stereocenters. The van der Waals surface area contributed by atoms with Crippen LogP contribution in [0.25, 0.3) is 0 Å². The molecule has 1 aliphatic heterocycles. The van der Waals surface area contributed by atoms with Gasteiger partial charge in [0.15, 0.2) is 0 Å². The summed E-state index contributed by atoms with van der Waals surface area (Å²) in [6, 6.07) is -7.17.